The molecule has 3 aromatic carbocycles. The summed E-state index contributed by atoms with van der Waals surface area (Å²) in [7, 11) is 0. The molecule has 0 saturated carbocycles. The van der Waals surface area contributed by atoms with Crippen LogP contribution in [0.5, 0.6) is 0 Å². The molecule has 1 N–H and O–H groups in total. The number of benzene rings is 3. The Morgan fingerprint density at radius 3 is 2.39 bits per heavy atom. The first-order chi connectivity index (χ1) is 15.9. The molecule has 166 valence electrons. The SMILES string of the molecule is Cc1ccc(C2(c3ccccc3)NC(=O)N(CC(=O)c3ccc4c(c3)CCC4)C2=O)cc1C. The Bertz CT molecular complexity index is 1280. The van der Waals surface area contributed by atoms with Gasteiger partial charge in [-0.3, -0.25) is 14.5 Å². The van der Waals surface area contributed by atoms with E-state index in [0.717, 1.165) is 35.3 Å². The smallest absolute Gasteiger partial charge is 0.315 e. The number of nitrogens with one attached hydrogen (secondary N) is 1. The summed E-state index contributed by atoms with van der Waals surface area (Å²) in [6, 6.07) is 20.1. The van der Waals surface area contributed by atoms with Crippen LogP contribution < -0.4 is 5.32 Å². The van der Waals surface area contributed by atoms with Gasteiger partial charge in [0.25, 0.3) is 5.91 Å². The summed E-state index contributed by atoms with van der Waals surface area (Å²) in [4.78, 5) is 41.1. The van der Waals surface area contributed by atoms with Crippen molar-refractivity contribution in [2.24, 2.45) is 0 Å². The fourth-order valence-corrected chi connectivity index (χ4v) is 4.92. The van der Waals surface area contributed by atoms with Gasteiger partial charge in [0.05, 0.1) is 6.54 Å². The number of hydrogen-bond acceptors (Lipinski definition) is 3. The topological polar surface area (TPSA) is 66.5 Å². The number of hydrogen-bond donors (Lipinski definition) is 1. The van der Waals surface area contributed by atoms with Crippen molar-refractivity contribution in [3.05, 3.63) is 106 Å². The van der Waals surface area contributed by atoms with Crippen molar-refractivity contribution >= 4 is 17.7 Å². The molecule has 5 nitrogen and oxygen atoms in total. The van der Waals surface area contributed by atoms with Crippen LogP contribution in [0.15, 0.2) is 66.7 Å². The zero-order valence-corrected chi connectivity index (χ0v) is 18.9. The molecule has 0 radical (unpaired) electrons. The number of fused-ring (bicyclic) bond motifs is 1. The van der Waals surface area contributed by atoms with Crippen LogP contribution in [-0.4, -0.2) is 29.2 Å². The monoisotopic (exact) mass is 438 g/mol. The lowest BCUT2D eigenvalue weighted by molar-refractivity contribution is -0.129. The van der Waals surface area contributed by atoms with Crippen molar-refractivity contribution in [3.63, 3.8) is 0 Å². The van der Waals surface area contributed by atoms with Gasteiger partial charge in [-0.15, -0.1) is 0 Å². The number of amides is 3. The highest BCUT2D eigenvalue weighted by Gasteiger charge is 2.54. The zero-order valence-electron chi connectivity index (χ0n) is 18.9. The summed E-state index contributed by atoms with van der Waals surface area (Å²) >= 11 is 0. The van der Waals surface area contributed by atoms with E-state index in [1.54, 1.807) is 6.07 Å². The summed E-state index contributed by atoms with van der Waals surface area (Å²) in [5.74, 6) is -0.673. The molecule has 2 aliphatic rings. The molecule has 3 amide bonds. The Kier molecular flexibility index (Phi) is 5.12. The predicted molar refractivity (Wildman–Crippen MR) is 126 cm³/mol. The van der Waals surface area contributed by atoms with Crippen LogP contribution in [0.1, 0.15) is 50.2 Å². The molecular formula is C28H26N2O3. The number of nitrogens with zero attached hydrogens (tertiary/aromatic N) is 1. The van der Waals surface area contributed by atoms with Crippen molar-refractivity contribution in [1.82, 2.24) is 10.2 Å². The van der Waals surface area contributed by atoms with Crippen molar-refractivity contribution in [2.75, 3.05) is 6.54 Å². The Balaban J connectivity index is 1.52. The number of Topliss-reactive ketones (excluding diaryl/α,β-unsaturated/α-hetero) is 1. The second kappa shape index (κ2) is 8.00. The number of rotatable bonds is 5. The third kappa shape index (κ3) is 3.44. The highest BCUT2D eigenvalue weighted by Crippen LogP contribution is 2.37. The molecule has 0 bridgehead atoms. The van der Waals surface area contributed by atoms with Crippen LogP contribution in [0.4, 0.5) is 4.79 Å². The number of carbonyl (C=O) groups is 3. The average Bonchev–Trinajstić information content (AvgIpc) is 3.39. The molecule has 33 heavy (non-hydrogen) atoms. The molecular weight excluding hydrogens is 412 g/mol. The molecule has 1 unspecified atom stereocenters. The average molecular weight is 439 g/mol. The van der Waals surface area contributed by atoms with Gasteiger partial charge < -0.3 is 5.32 Å². The summed E-state index contributed by atoms with van der Waals surface area (Å²) in [5.41, 5.74) is 5.11. The highest BCUT2D eigenvalue weighted by atomic mass is 16.2. The summed E-state index contributed by atoms with van der Waals surface area (Å²) in [5, 5.41) is 2.93. The molecule has 1 atom stereocenters. The zero-order chi connectivity index (χ0) is 23.2. The third-order valence-electron chi connectivity index (χ3n) is 6.97. The molecule has 5 rings (SSSR count). The van der Waals surface area contributed by atoms with E-state index in [4.69, 9.17) is 0 Å². The largest absolute Gasteiger partial charge is 0.325 e. The maximum Gasteiger partial charge on any atom is 0.325 e. The normalized spacial score (nSPS) is 19.5. The molecule has 0 spiro atoms. The van der Waals surface area contributed by atoms with Gasteiger partial charge in [-0.25, -0.2) is 4.79 Å². The minimum absolute atomic E-state index is 0.239. The van der Waals surface area contributed by atoms with Gasteiger partial charge in [0.15, 0.2) is 11.3 Å². The van der Waals surface area contributed by atoms with E-state index in [1.165, 1.54) is 11.1 Å². The van der Waals surface area contributed by atoms with Crippen LogP contribution in [0.3, 0.4) is 0 Å². The first-order valence-electron chi connectivity index (χ1n) is 11.3. The Labute approximate surface area is 193 Å². The van der Waals surface area contributed by atoms with Crippen LogP contribution >= 0.6 is 0 Å². The standard InChI is InChI=1S/C28H26N2O3/c1-18-11-14-24(15-19(18)2)28(23-9-4-3-5-10-23)26(32)30(27(33)29-28)17-25(31)22-13-12-20-7-6-8-21(20)16-22/h3-5,9-16H,6-8,17H2,1-2H3,(H,29,33). The van der Waals surface area contributed by atoms with Gasteiger partial charge in [0.2, 0.25) is 0 Å². The van der Waals surface area contributed by atoms with Gasteiger partial charge in [-0.2, -0.15) is 0 Å². The van der Waals surface area contributed by atoms with Gasteiger partial charge in [0, 0.05) is 5.56 Å². The molecule has 1 fully saturated rings. The number of imide groups is 1. The molecule has 3 aromatic rings. The van der Waals surface area contributed by atoms with Crippen LogP contribution in [0.25, 0.3) is 0 Å². The Morgan fingerprint density at radius 2 is 1.64 bits per heavy atom. The van der Waals surface area contributed by atoms with Crippen LogP contribution in [0.2, 0.25) is 0 Å². The molecule has 1 aliphatic carbocycles. The number of aryl methyl sites for hydroxylation is 4. The van der Waals surface area contributed by atoms with Gasteiger partial charge in [0.1, 0.15) is 0 Å². The quantitative estimate of drug-likeness (QED) is 0.472. The van der Waals surface area contributed by atoms with Crippen LogP contribution in [-0.2, 0) is 23.2 Å². The highest BCUT2D eigenvalue weighted by molar-refractivity contribution is 6.13. The van der Waals surface area contributed by atoms with Crippen LogP contribution in [0, 0.1) is 13.8 Å². The fraction of sp³-hybridized carbons (Fsp3) is 0.250. The summed E-state index contributed by atoms with van der Waals surface area (Å²) in [6.07, 6.45) is 3.09. The maximum absolute atomic E-state index is 13.9. The first kappa shape index (κ1) is 21.1. The lowest BCUT2D eigenvalue weighted by Gasteiger charge is -2.28. The van der Waals surface area contributed by atoms with E-state index in [9.17, 15) is 14.4 Å². The number of ketones is 1. The van der Waals surface area contributed by atoms with Crippen molar-refractivity contribution in [1.29, 1.82) is 0 Å². The van der Waals surface area contributed by atoms with E-state index >= 15 is 0 Å². The van der Waals surface area contributed by atoms with E-state index < -0.39 is 17.5 Å². The van der Waals surface area contributed by atoms with E-state index in [1.807, 2.05) is 74.5 Å². The number of carbonyl (C=O) groups excluding carboxylic acids is 3. The van der Waals surface area contributed by atoms with E-state index in [-0.39, 0.29) is 12.3 Å². The van der Waals surface area contributed by atoms with Crippen molar-refractivity contribution in [2.45, 2.75) is 38.6 Å². The van der Waals surface area contributed by atoms with Gasteiger partial charge in [-0.05, 0) is 72.6 Å². The molecule has 1 heterocycles. The number of urea groups is 1. The molecule has 1 saturated heterocycles. The summed E-state index contributed by atoms with van der Waals surface area (Å²) < 4.78 is 0. The van der Waals surface area contributed by atoms with Crippen molar-refractivity contribution in [3.8, 4) is 0 Å². The Morgan fingerprint density at radius 1 is 0.879 bits per heavy atom. The second-order valence-electron chi connectivity index (χ2n) is 9.00. The fourth-order valence-electron chi connectivity index (χ4n) is 4.92. The lowest BCUT2D eigenvalue weighted by atomic mass is 9.81. The van der Waals surface area contributed by atoms with Gasteiger partial charge >= 0.3 is 6.03 Å². The minimum atomic E-state index is -1.37. The first-order valence-corrected chi connectivity index (χ1v) is 11.3. The molecule has 5 heteroatoms. The van der Waals surface area contributed by atoms with Crippen molar-refractivity contribution < 1.29 is 14.4 Å². The van der Waals surface area contributed by atoms with Gasteiger partial charge in [-0.1, -0.05) is 60.7 Å². The minimum Gasteiger partial charge on any atom is -0.315 e. The maximum atomic E-state index is 13.9. The predicted octanol–water partition coefficient (Wildman–Crippen LogP) is 4.47. The third-order valence-corrected chi connectivity index (χ3v) is 6.97. The Hall–Kier alpha value is -3.73. The molecule has 0 aromatic heterocycles. The second-order valence-corrected chi connectivity index (χ2v) is 9.00. The summed E-state index contributed by atoms with van der Waals surface area (Å²) in [6.45, 7) is 3.70. The van der Waals surface area contributed by atoms with E-state index in [0.29, 0.717) is 16.7 Å². The van der Waals surface area contributed by atoms with E-state index in [2.05, 4.69) is 5.32 Å². The lowest BCUT2D eigenvalue weighted by Crippen LogP contribution is -2.45. The molecule has 1 aliphatic heterocycles.